The predicted molar refractivity (Wildman–Crippen MR) is 496 cm³/mol. The number of hydrogen-bond acceptors (Lipinski definition) is 20. The molecule has 0 aromatic carbocycles. The van der Waals surface area contributed by atoms with Crippen LogP contribution in [0.1, 0.15) is 133 Å². The molecule has 0 spiro atoms. The number of nitrogens with zero attached hydrogens (tertiary/aromatic N) is 21. The second-order valence-electron chi connectivity index (χ2n) is 37.8. The zero-order valence-corrected chi connectivity index (χ0v) is 77.5. The van der Waals surface area contributed by atoms with E-state index < -0.39 is 5.92 Å². The Kier molecular flexibility index (Phi) is 28.3. The highest BCUT2D eigenvalue weighted by molar-refractivity contribution is 7.99. The van der Waals surface area contributed by atoms with Gasteiger partial charge in [-0.05, 0) is 177 Å². The minimum Gasteiger partial charge on any atom is -0.342 e. The third-order valence-electron chi connectivity index (χ3n) is 27.8. The summed E-state index contributed by atoms with van der Waals surface area (Å²) in [4.78, 5) is 52.5. The molecule has 10 aliphatic rings. The molecule has 28 heteroatoms. The Morgan fingerprint density at radius 3 is 1.48 bits per heavy atom. The van der Waals surface area contributed by atoms with Gasteiger partial charge in [-0.1, -0.05) is 11.6 Å². The summed E-state index contributed by atoms with van der Waals surface area (Å²) < 4.78 is 41.5. The van der Waals surface area contributed by atoms with E-state index in [4.69, 9.17) is 31.5 Å². The quantitative estimate of drug-likeness (QED) is 0.0885. The molecule has 5 fully saturated rings. The van der Waals surface area contributed by atoms with Crippen molar-refractivity contribution in [3.05, 3.63) is 139 Å². The van der Waals surface area contributed by atoms with Crippen LogP contribution >= 0.6 is 23.4 Å². The molecule has 24 nitrogen and oxygen atoms in total. The molecular formula is C94H139ClF2N24S. The van der Waals surface area contributed by atoms with Gasteiger partial charge in [0, 0.05) is 330 Å². The molecule has 10 aromatic heterocycles. The fraction of sp³-hybridized carbons (Fsp3) is 0.638. The summed E-state index contributed by atoms with van der Waals surface area (Å²) in [7, 11) is 10.6. The van der Waals surface area contributed by atoms with Crippen LogP contribution in [0.3, 0.4) is 0 Å². The number of piperazine rings is 3. The number of pyridine rings is 4. The predicted octanol–water partition coefficient (Wildman–Crippen LogP) is 11.1. The third-order valence-corrected chi connectivity index (χ3v) is 29.0. The van der Waals surface area contributed by atoms with Crippen molar-refractivity contribution < 1.29 is 8.78 Å². The number of hydrogen-bond donors (Lipinski definition) is 3. The molecule has 0 saturated carbocycles. The van der Waals surface area contributed by atoms with Gasteiger partial charge < -0.3 is 63.3 Å². The maximum atomic E-state index is 14.9. The van der Waals surface area contributed by atoms with Crippen LogP contribution in [0.25, 0.3) is 55.2 Å². The average molecular weight is 1710 g/mol. The maximum absolute atomic E-state index is 14.9. The molecule has 0 aliphatic carbocycles. The van der Waals surface area contributed by atoms with Gasteiger partial charge in [-0.25, -0.2) is 19.9 Å². The van der Waals surface area contributed by atoms with Gasteiger partial charge in [-0.2, -0.15) is 20.5 Å². The molecule has 122 heavy (non-hydrogen) atoms. The minimum atomic E-state index is -2.82. The zero-order chi connectivity index (χ0) is 85.4. The number of aromatic nitrogens is 11. The first-order valence-electron chi connectivity index (χ1n) is 45.9. The minimum absolute atomic E-state index is 0.210. The highest BCUT2D eigenvalue weighted by atomic mass is 35.5. The number of aryl methyl sites for hydroxylation is 4. The van der Waals surface area contributed by atoms with Crippen LogP contribution in [0.2, 0.25) is 5.02 Å². The van der Waals surface area contributed by atoms with Crippen LogP contribution in [-0.2, 0) is 97.1 Å². The normalized spacial score (nSPS) is 23.7. The molecule has 6 unspecified atom stereocenters. The molecule has 20 heterocycles. The Hall–Kier alpha value is -6.64. The lowest BCUT2D eigenvalue weighted by atomic mass is 10.0. The van der Waals surface area contributed by atoms with E-state index in [1.807, 2.05) is 36.9 Å². The lowest BCUT2D eigenvalue weighted by molar-refractivity contribution is -0.0521. The number of likely N-dealkylation sites (tertiary alicyclic amines) is 1. The summed E-state index contributed by atoms with van der Waals surface area (Å²) in [5.74, 6) is -0.285. The maximum Gasteiger partial charge on any atom is 0.300 e. The second-order valence-corrected chi connectivity index (χ2v) is 39.5. The van der Waals surface area contributed by atoms with Crippen molar-refractivity contribution in [2.75, 3.05) is 178 Å². The van der Waals surface area contributed by atoms with Crippen LogP contribution in [0.15, 0.2) is 55.1 Å². The molecule has 10 aliphatic heterocycles. The first kappa shape index (κ1) is 88.8. The van der Waals surface area contributed by atoms with Crippen LogP contribution in [0.5, 0.6) is 0 Å². The van der Waals surface area contributed by atoms with Crippen LogP contribution in [-0.4, -0.2) is 316 Å². The van der Waals surface area contributed by atoms with Crippen LogP contribution in [0.4, 0.5) is 8.78 Å². The second kappa shape index (κ2) is 38.9. The summed E-state index contributed by atoms with van der Waals surface area (Å²) >= 11 is 8.28. The van der Waals surface area contributed by atoms with Crippen LogP contribution in [0, 0.1) is 27.7 Å². The van der Waals surface area contributed by atoms with Crippen molar-refractivity contribution >= 4 is 78.5 Å². The van der Waals surface area contributed by atoms with E-state index in [9.17, 15) is 8.78 Å². The van der Waals surface area contributed by atoms with E-state index in [2.05, 4.69) is 208 Å². The van der Waals surface area contributed by atoms with Gasteiger partial charge >= 0.3 is 5.92 Å². The van der Waals surface area contributed by atoms with E-state index >= 15 is 0 Å². The summed E-state index contributed by atoms with van der Waals surface area (Å²) in [6.07, 6.45) is 14.4. The van der Waals surface area contributed by atoms with Gasteiger partial charge in [0.15, 0.2) is 5.65 Å². The molecule has 6 atom stereocenters. The van der Waals surface area contributed by atoms with Crippen molar-refractivity contribution in [1.29, 1.82) is 0 Å². The van der Waals surface area contributed by atoms with E-state index in [1.165, 1.54) is 115 Å². The van der Waals surface area contributed by atoms with E-state index in [-0.39, 0.29) is 12.2 Å². The van der Waals surface area contributed by atoms with Gasteiger partial charge in [-0.15, -0.1) is 0 Å². The summed E-state index contributed by atoms with van der Waals surface area (Å²) in [6, 6.07) is 14.3. The number of thioether (sulfide) groups is 1. The van der Waals surface area contributed by atoms with E-state index in [0.29, 0.717) is 49.3 Å². The van der Waals surface area contributed by atoms with Gasteiger partial charge in [0.25, 0.3) is 0 Å². The highest BCUT2D eigenvalue weighted by Gasteiger charge is 2.44. The Morgan fingerprint density at radius 1 is 0.426 bits per heavy atom. The standard InChI is InChI=1S/2C20H31N5.C19H30N6.C18H24F2N4.C17H23ClN4S/c1-14-9-17-18-13-23(4)6-5-19(18)25(20(17)21-10-14)8-7-24-11-15(2)22-16(3)12-24;1-14-5-6-19-20(22-14)17-13-23(4)8-7-18(17)25(19)10-9-24-15(2)11-21-12-16(24)3;1-13-9-21-19-18(22-13)16-12-23(4)6-5-17(16)25(19)8-7-24-14(2)10-20-11-15(24)3;1-13-9-14-15-11-22(2)12-18(19,20)17(15)24(16(14)10-21-13)8-7-23-5-3-4-6-23;1-20-3-2-16-15(12-20)14-10-13(18)11-19-17(14)22(16)5-4-21-6-8-23-9-7-21/h9-10,15-16,22H,5-8,11-13H2,1-4H3;5-6,15-16,21H,7-13H2,1-4H3;9,14-15,20H,5-8,10-12H2,1-4H3;9-10H,3-8,11-12H2,1-2H3;10-11H,2-9,12H2,1H3. The van der Waals surface area contributed by atoms with Gasteiger partial charge in [0.05, 0.1) is 51.9 Å². The fourth-order valence-corrected chi connectivity index (χ4v) is 22.8. The van der Waals surface area contributed by atoms with Crippen molar-refractivity contribution in [3.63, 3.8) is 0 Å². The van der Waals surface area contributed by atoms with E-state index in [0.717, 1.165) is 245 Å². The number of rotatable bonds is 15. The topological polar surface area (TPSA) is 170 Å². The monoisotopic (exact) mass is 1710 g/mol. The number of likely N-dealkylation sites (N-methyl/N-ethyl adjacent to an activating group) is 5. The summed E-state index contributed by atoms with van der Waals surface area (Å²) in [5.41, 5.74) is 24.8. The summed E-state index contributed by atoms with van der Waals surface area (Å²) in [6.45, 7) is 52.3. The molecule has 662 valence electrons. The van der Waals surface area contributed by atoms with E-state index in [1.54, 1.807) is 24.3 Å². The average Bonchev–Trinajstić information content (AvgIpc) is 1.56. The number of nitrogens with one attached hydrogen (secondary N) is 3. The molecule has 20 rings (SSSR count). The Morgan fingerprint density at radius 2 is 0.893 bits per heavy atom. The lowest BCUT2D eigenvalue weighted by Gasteiger charge is -2.39. The highest BCUT2D eigenvalue weighted by Crippen LogP contribution is 2.43. The Labute approximate surface area is 732 Å². The Bertz CT molecular complexity index is 5110. The van der Waals surface area contributed by atoms with Gasteiger partial charge in [0.2, 0.25) is 0 Å². The van der Waals surface area contributed by atoms with Crippen molar-refractivity contribution in [2.45, 2.75) is 215 Å². The molecule has 5 saturated heterocycles. The Balaban J connectivity index is 0.000000113. The van der Waals surface area contributed by atoms with Crippen molar-refractivity contribution in [2.24, 2.45) is 0 Å². The zero-order valence-electron chi connectivity index (χ0n) is 76.0. The van der Waals surface area contributed by atoms with Gasteiger partial charge in [-0.3, -0.25) is 34.5 Å². The van der Waals surface area contributed by atoms with Crippen molar-refractivity contribution in [3.8, 4) is 0 Å². The van der Waals surface area contributed by atoms with Crippen LogP contribution < -0.4 is 16.0 Å². The number of halogens is 3. The van der Waals surface area contributed by atoms with Crippen molar-refractivity contribution in [1.82, 2.24) is 118 Å². The first-order chi connectivity index (χ1) is 58.8. The third kappa shape index (κ3) is 19.7. The molecular weight excluding hydrogens is 1570 g/mol. The fourth-order valence-electron chi connectivity index (χ4n) is 21.7. The lowest BCUT2D eigenvalue weighted by Crippen LogP contribution is -2.55. The smallest absolute Gasteiger partial charge is 0.300 e. The molecule has 0 radical (unpaired) electrons. The molecule has 0 amide bonds. The first-order valence-corrected chi connectivity index (χ1v) is 47.5. The van der Waals surface area contributed by atoms with Gasteiger partial charge in [0.1, 0.15) is 16.8 Å². The molecule has 0 bridgehead atoms. The molecule has 10 aromatic rings. The molecule has 3 N–H and O–H groups in total. The largest absolute Gasteiger partial charge is 0.342 e. The summed E-state index contributed by atoms with van der Waals surface area (Å²) in [5, 5.41) is 15.0. The SMILES string of the molecule is CN1CCc2c(c3cc(Cl)cnc3n2CCN2CCSCC2)C1.Cc1cc2c3c(n(CCN4CCCC4)c2cn1)C(F)(F)CN(C)C3.Cc1ccc2c(n1)c1c(n2CCN2C(C)CNCC2C)CCN(C)C1.Cc1cnc2c(c1)c1c(n2CCN2CC(C)NC(C)C2)CCN(C)C1.Cc1cnc2c(n1)c1c(n2CCN2C(C)CNCC2C)CCN(C)C1. The number of fused-ring (bicyclic) bond motifs is 15. The number of alkyl halides is 2.